The summed E-state index contributed by atoms with van der Waals surface area (Å²) in [6.07, 6.45) is 9.89. The van der Waals surface area contributed by atoms with Gasteiger partial charge < -0.3 is 9.88 Å². The third-order valence-corrected chi connectivity index (χ3v) is 4.12. The van der Waals surface area contributed by atoms with E-state index in [1.165, 1.54) is 30.4 Å². The predicted octanol–water partition coefficient (Wildman–Crippen LogP) is 2.31. The van der Waals surface area contributed by atoms with Crippen LogP contribution in [-0.4, -0.2) is 26.4 Å². The van der Waals surface area contributed by atoms with Crippen LogP contribution in [0.3, 0.4) is 0 Å². The molecule has 0 fully saturated rings. The number of rotatable bonds is 4. The van der Waals surface area contributed by atoms with Gasteiger partial charge in [0.1, 0.15) is 12.2 Å². The van der Waals surface area contributed by atoms with Crippen LogP contribution in [0.5, 0.6) is 0 Å². The molecule has 5 nitrogen and oxygen atoms in total. The van der Waals surface area contributed by atoms with Crippen molar-refractivity contribution in [1.29, 1.82) is 0 Å². The molecule has 1 N–H and O–H groups in total. The molecule has 5 heteroatoms. The summed E-state index contributed by atoms with van der Waals surface area (Å²) in [5.41, 5.74) is 2.93. The first kappa shape index (κ1) is 13.4. The van der Waals surface area contributed by atoms with Gasteiger partial charge in [-0.1, -0.05) is 0 Å². The van der Waals surface area contributed by atoms with E-state index in [9.17, 15) is 0 Å². The van der Waals surface area contributed by atoms with Gasteiger partial charge in [-0.3, -0.25) is 0 Å². The van der Waals surface area contributed by atoms with Gasteiger partial charge in [-0.2, -0.15) is 5.10 Å². The minimum atomic E-state index is 0.350. The van der Waals surface area contributed by atoms with Crippen LogP contribution in [0.1, 0.15) is 55.7 Å². The van der Waals surface area contributed by atoms with E-state index in [4.69, 9.17) is 0 Å². The summed E-state index contributed by atoms with van der Waals surface area (Å²) in [4.78, 5) is 4.39. The van der Waals surface area contributed by atoms with E-state index in [2.05, 4.69) is 46.2 Å². The van der Waals surface area contributed by atoms with Gasteiger partial charge in [0, 0.05) is 24.5 Å². The second-order valence-electron chi connectivity index (χ2n) is 5.86. The first-order chi connectivity index (χ1) is 9.69. The van der Waals surface area contributed by atoms with E-state index in [1.54, 1.807) is 6.33 Å². The highest BCUT2D eigenvalue weighted by Crippen LogP contribution is 2.30. The van der Waals surface area contributed by atoms with Crippen molar-refractivity contribution in [2.45, 2.75) is 51.7 Å². The molecule has 2 aromatic heterocycles. The minimum Gasteiger partial charge on any atom is -0.346 e. The lowest BCUT2D eigenvalue weighted by molar-refractivity contribution is 0.494. The van der Waals surface area contributed by atoms with E-state index in [0.29, 0.717) is 12.1 Å². The van der Waals surface area contributed by atoms with E-state index in [0.717, 1.165) is 12.4 Å². The predicted molar refractivity (Wildman–Crippen MR) is 78.7 cm³/mol. The number of nitrogens with one attached hydrogen (secondary N) is 1. The quantitative estimate of drug-likeness (QED) is 0.930. The maximum atomic E-state index is 4.39. The summed E-state index contributed by atoms with van der Waals surface area (Å²) in [5.74, 6) is 1.02. The molecular formula is C15H23N5. The summed E-state index contributed by atoms with van der Waals surface area (Å²) in [6.45, 7) is 5.06. The molecule has 20 heavy (non-hydrogen) atoms. The van der Waals surface area contributed by atoms with Gasteiger partial charge >= 0.3 is 0 Å². The van der Waals surface area contributed by atoms with Crippen LogP contribution in [-0.2, 0) is 13.0 Å². The normalized spacial score (nSPS) is 18.5. The smallest absolute Gasteiger partial charge is 0.147 e. The summed E-state index contributed by atoms with van der Waals surface area (Å²) in [5, 5.41) is 7.72. The van der Waals surface area contributed by atoms with Crippen LogP contribution in [0.2, 0.25) is 0 Å². The zero-order chi connectivity index (χ0) is 14.1. The maximum Gasteiger partial charge on any atom is 0.147 e. The van der Waals surface area contributed by atoms with Crippen LogP contribution < -0.4 is 5.32 Å². The molecule has 0 saturated heterocycles. The van der Waals surface area contributed by atoms with Crippen molar-refractivity contribution >= 4 is 0 Å². The van der Waals surface area contributed by atoms with Crippen molar-refractivity contribution in [1.82, 2.24) is 24.6 Å². The average molecular weight is 273 g/mol. The molecule has 2 heterocycles. The average Bonchev–Trinajstić information content (AvgIpc) is 3.04. The van der Waals surface area contributed by atoms with Crippen molar-refractivity contribution in [3.05, 3.63) is 35.7 Å². The Labute approximate surface area is 120 Å². The number of hydrogen-bond donors (Lipinski definition) is 1. The molecule has 0 amide bonds. The molecule has 1 atom stereocenters. The van der Waals surface area contributed by atoms with Crippen molar-refractivity contribution in [2.24, 2.45) is 0 Å². The fourth-order valence-corrected chi connectivity index (χ4v) is 3.12. The second-order valence-corrected chi connectivity index (χ2v) is 5.86. The van der Waals surface area contributed by atoms with E-state index in [-0.39, 0.29) is 0 Å². The highest BCUT2D eigenvalue weighted by molar-refractivity contribution is 5.30. The Hall–Kier alpha value is -1.62. The van der Waals surface area contributed by atoms with E-state index in [1.807, 2.05) is 11.7 Å². The second kappa shape index (κ2) is 5.40. The number of aromatic nitrogens is 4. The van der Waals surface area contributed by atoms with Crippen LogP contribution in [0.25, 0.3) is 0 Å². The van der Waals surface area contributed by atoms with Crippen molar-refractivity contribution in [2.75, 3.05) is 7.05 Å². The van der Waals surface area contributed by atoms with E-state index < -0.39 is 0 Å². The first-order valence-corrected chi connectivity index (χ1v) is 7.43. The zero-order valence-electron chi connectivity index (χ0n) is 12.5. The SMILES string of the molecule is CNC1CCCc2cn(Cc3ncnn3C(C)C)cc21. The van der Waals surface area contributed by atoms with Gasteiger partial charge in [0.05, 0.1) is 6.54 Å². The molecule has 0 bridgehead atoms. The molecule has 108 valence electrons. The Morgan fingerprint density at radius 1 is 1.40 bits per heavy atom. The van der Waals surface area contributed by atoms with Crippen LogP contribution >= 0.6 is 0 Å². The zero-order valence-corrected chi connectivity index (χ0v) is 12.5. The molecule has 0 radical (unpaired) electrons. The van der Waals surface area contributed by atoms with Crippen molar-refractivity contribution < 1.29 is 0 Å². The molecule has 0 spiro atoms. The first-order valence-electron chi connectivity index (χ1n) is 7.43. The fourth-order valence-electron chi connectivity index (χ4n) is 3.12. The molecule has 0 aliphatic heterocycles. The summed E-state index contributed by atoms with van der Waals surface area (Å²) in [7, 11) is 2.05. The van der Waals surface area contributed by atoms with Crippen LogP contribution in [0.15, 0.2) is 18.7 Å². The van der Waals surface area contributed by atoms with Crippen molar-refractivity contribution in [3.63, 3.8) is 0 Å². The third-order valence-electron chi connectivity index (χ3n) is 4.12. The van der Waals surface area contributed by atoms with Crippen LogP contribution in [0.4, 0.5) is 0 Å². The largest absolute Gasteiger partial charge is 0.346 e. The Bertz CT molecular complexity index is 581. The molecular weight excluding hydrogens is 250 g/mol. The topological polar surface area (TPSA) is 47.7 Å². The lowest BCUT2D eigenvalue weighted by Gasteiger charge is -2.21. The number of hydrogen-bond acceptors (Lipinski definition) is 3. The Morgan fingerprint density at radius 2 is 2.25 bits per heavy atom. The molecule has 1 aliphatic rings. The van der Waals surface area contributed by atoms with E-state index >= 15 is 0 Å². The molecule has 1 aliphatic carbocycles. The lowest BCUT2D eigenvalue weighted by Crippen LogP contribution is -2.20. The number of nitrogens with zero attached hydrogens (tertiary/aromatic N) is 4. The van der Waals surface area contributed by atoms with Crippen molar-refractivity contribution in [3.8, 4) is 0 Å². The summed E-state index contributed by atoms with van der Waals surface area (Å²) >= 11 is 0. The summed E-state index contributed by atoms with van der Waals surface area (Å²) < 4.78 is 4.25. The molecule has 3 rings (SSSR count). The Kier molecular flexibility index (Phi) is 3.61. The Morgan fingerprint density at radius 3 is 3.00 bits per heavy atom. The number of aryl methyl sites for hydroxylation is 1. The third kappa shape index (κ3) is 2.38. The van der Waals surface area contributed by atoms with Crippen LogP contribution in [0, 0.1) is 0 Å². The van der Waals surface area contributed by atoms with Gasteiger partial charge in [-0.15, -0.1) is 0 Å². The van der Waals surface area contributed by atoms with Gasteiger partial charge in [0.25, 0.3) is 0 Å². The maximum absolute atomic E-state index is 4.39. The molecule has 1 unspecified atom stereocenters. The summed E-state index contributed by atoms with van der Waals surface area (Å²) in [6, 6.07) is 0.853. The monoisotopic (exact) mass is 273 g/mol. The van der Waals surface area contributed by atoms with Gasteiger partial charge in [0.2, 0.25) is 0 Å². The fraction of sp³-hybridized carbons (Fsp3) is 0.600. The lowest BCUT2D eigenvalue weighted by atomic mass is 9.91. The number of fused-ring (bicyclic) bond motifs is 1. The molecule has 0 aromatic carbocycles. The molecule has 2 aromatic rings. The standard InChI is InChI=1S/C15H23N5/c1-11(2)20-15(17-10-18-20)9-19-7-12-5-4-6-14(16-3)13(12)8-19/h7-8,10-11,14,16H,4-6,9H2,1-3H3. The highest BCUT2D eigenvalue weighted by atomic mass is 15.4. The van der Waals surface area contributed by atoms with Gasteiger partial charge in [-0.25, -0.2) is 9.67 Å². The van der Waals surface area contributed by atoms with Gasteiger partial charge in [-0.05, 0) is 51.3 Å². The minimum absolute atomic E-state index is 0.350. The Balaban J connectivity index is 1.85. The highest BCUT2D eigenvalue weighted by Gasteiger charge is 2.21. The van der Waals surface area contributed by atoms with Gasteiger partial charge in [0.15, 0.2) is 0 Å². The molecule has 0 saturated carbocycles.